The van der Waals surface area contributed by atoms with Gasteiger partial charge in [0.2, 0.25) is 0 Å². The smallest absolute Gasteiger partial charge is 0.269 e. The van der Waals surface area contributed by atoms with Crippen LogP contribution in [0.3, 0.4) is 0 Å². The van der Waals surface area contributed by atoms with Crippen LogP contribution in [0.1, 0.15) is 5.56 Å². The highest BCUT2D eigenvalue weighted by Crippen LogP contribution is 2.58. The second-order valence-corrected chi connectivity index (χ2v) is 10.9. The van der Waals surface area contributed by atoms with Crippen LogP contribution < -0.4 is 32.9 Å². The molecule has 0 aliphatic carbocycles. The fourth-order valence-corrected chi connectivity index (χ4v) is 8.36. The molecule has 0 saturated carbocycles. The van der Waals surface area contributed by atoms with Gasteiger partial charge in [0.1, 0.15) is 29.3 Å². The summed E-state index contributed by atoms with van der Waals surface area (Å²) in [6.45, 7) is 0. The molecule has 0 aliphatic heterocycles. The molecule has 0 unspecified atom stereocenters. The molecule has 0 heterocycles. The first-order chi connectivity index (χ1) is 14.6. The molecule has 0 atom stereocenters. The number of halogens is 2. The molecule has 4 aromatic carbocycles. The lowest BCUT2D eigenvalue weighted by Gasteiger charge is -2.28. The van der Waals surface area contributed by atoms with Crippen LogP contribution in [-0.2, 0) is 6.16 Å². The van der Waals surface area contributed by atoms with Crippen molar-refractivity contribution in [1.29, 1.82) is 0 Å². The Morgan fingerprint density at radius 1 is 0.710 bits per heavy atom. The largest absolute Gasteiger partial charge is 1.00 e. The van der Waals surface area contributed by atoms with Crippen molar-refractivity contribution in [3.63, 3.8) is 0 Å². The molecule has 0 aromatic heterocycles. The molecule has 31 heavy (non-hydrogen) atoms. The lowest BCUT2D eigenvalue weighted by molar-refractivity contribution is -0.384. The summed E-state index contributed by atoms with van der Waals surface area (Å²) in [6.07, 6.45) is 0.603. The van der Waals surface area contributed by atoms with Crippen molar-refractivity contribution >= 4 is 40.5 Å². The minimum Gasteiger partial charge on any atom is -1.00 e. The lowest BCUT2D eigenvalue weighted by atomic mass is 10.2. The van der Waals surface area contributed by atoms with E-state index >= 15 is 0 Å². The van der Waals surface area contributed by atoms with E-state index < -0.39 is 7.26 Å². The first kappa shape index (κ1) is 23.1. The third-order valence-corrected chi connectivity index (χ3v) is 9.96. The Labute approximate surface area is 198 Å². The molecule has 6 heteroatoms. The third-order valence-electron chi connectivity index (χ3n) is 5.24. The number of nitro groups is 1. The van der Waals surface area contributed by atoms with E-state index in [1.807, 2.05) is 54.6 Å². The molecule has 0 aliphatic rings. The molecular formula is C25H20BrClNO2P. The molecule has 4 rings (SSSR count). The molecule has 0 fully saturated rings. The quantitative estimate of drug-likeness (QED) is 0.227. The van der Waals surface area contributed by atoms with E-state index in [-0.39, 0.29) is 27.6 Å². The van der Waals surface area contributed by atoms with Gasteiger partial charge < -0.3 is 17.0 Å². The molecular weight excluding hydrogens is 493 g/mol. The van der Waals surface area contributed by atoms with Gasteiger partial charge in [-0.25, -0.2) is 0 Å². The van der Waals surface area contributed by atoms with Crippen molar-refractivity contribution in [3.05, 3.63) is 130 Å². The van der Waals surface area contributed by atoms with Crippen molar-refractivity contribution in [2.45, 2.75) is 6.16 Å². The average Bonchev–Trinajstić information content (AvgIpc) is 2.80. The van der Waals surface area contributed by atoms with E-state index in [9.17, 15) is 10.1 Å². The molecule has 0 N–H and O–H groups in total. The van der Waals surface area contributed by atoms with E-state index in [0.29, 0.717) is 11.2 Å². The van der Waals surface area contributed by atoms with Crippen molar-refractivity contribution in [2.75, 3.05) is 0 Å². The van der Waals surface area contributed by atoms with Crippen LogP contribution >= 0.6 is 18.9 Å². The van der Waals surface area contributed by atoms with Crippen LogP contribution in [0, 0.1) is 10.1 Å². The number of non-ortho nitro benzene ring substituents is 1. The Morgan fingerprint density at radius 2 is 1.13 bits per heavy atom. The molecule has 0 radical (unpaired) electrons. The van der Waals surface area contributed by atoms with Crippen LogP contribution in [0.2, 0.25) is 5.02 Å². The van der Waals surface area contributed by atoms with E-state index in [1.165, 1.54) is 22.0 Å². The summed E-state index contributed by atoms with van der Waals surface area (Å²) in [5.74, 6) is 0. The van der Waals surface area contributed by atoms with Crippen LogP contribution in [0.25, 0.3) is 0 Å². The van der Waals surface area contributed by atoms with Crippen LogP contribution in [0.5, 0.6) is 0 Å². The molecule has 0 spiro atoms. The molecule has 0 saturated heterocycles. The van der Waals surface area contributed by atoms with Gasteiger partial charge in [0.15, 0.2) is 0 Å². The van der Waals surface area contributed by atoms with E-state index in [1.54, 1.807) is 12.1 Å². The molecule has 0 bridgehead atoms. The first-order valence-corrected chi connectivity index (χ1v) is 11.9. The van der Waals surface area contributed by atoms with E-state index in [2.05, 4.69) is 36.4 Å². The van der Waals surface area contributed by atoms with Gasteiger partial charge in [0.25, 0.3) is 5.69 Å². The Hall–Kier alpha value is -2.52. The van der Waals surface area contributed by atoms with Gasteiger partial charge in [0, 0.05) is 22.7 Å². The molecule has 3 nitrogen and oxygen atoms in total. The third kappa shape index (κ3) is 4.72. The average molecular weight is 513 g/mol. The highest BCUT2D eigenvalue weighted by molar-refractivity contribution is 7.95. The molecule has 4 aromatic rings. The number of rotatable bonds is 6. The van der Waals surface area contributed by atoms with Gasteiger partial charge in [-0.15, -0.1) is 0 Å². The molecule has 0 amide bonds. The van der Waals surface area contributed by atoms with Gasteiger partial charge in [-0.2, -0.15) is 0 Å². The summed E-state index contributed by atoms with van der Waals surface area (Å²) in [5.41, 5.74) is 0.845. The maximum atomic E-state index is 11.4. The molecule has 156 valence electrons. The van der Waals surface area contributed by atoms with E-state index in [0.717, 1.165) is 5.56 Å². The van der Waals surface area contributed by atoms with Crippen LogP contribution in [0.15, 0.2) is 109 Å². The second-order valence-electron chi connectivity index (χ2n) is 7.01. The fraction of sp³-hybridized carbons (Fsp3) is 0.0400. The number of hydrogen-bond acceptors (Lipinski definition) is 2. The van der Waals surface area contributed by atoms with Crippen LogP contribution in [0.4, 0.5) is 5.69 Å². The van der Waals surface area contributed by atoms with Crippen LogP contribution in [-0.4, -0.2) is 4.92 Å². The Bertz CT molecular complexity index is 1060. The zero-order valence-corrected chi connectivity index (χ0v) is 19.8. The second kappa shape index (κ2) is 10.2. The summed E-state index contributed by atoms with van der Waals surface area (Å²) in [7, 11) is -2.16. The highest BCUT2D eigenvalue weighted by atomic mass is 79.9. The lowest BCUT2D eigenvalue weighted by Crippen LogP contribution is -3.00. The Morgan fingerprint density at radius 3 is 1.52 bits per heavy atom. The normalized spacial score (nSPS) is 10.9. The predicted octanol–water partition coefficient (Wildman–Crippen LogP) is 2.75. The van der Waals surface area contributed by atoms with E-state index in [4.69, 9.17) is 11.6 Å². The van der Waals surface area contributed by atoms with Gasteiger partial charge in [-0.3, -0.25) is 10.1 Å². The van der Waals surface area contributed by atoms with Gasteiger partial charge in [0.05, 0.1) is 4.92 Å². The summed E-state index contributed by atoms with van der Waals surface area (Å²) in [5, 5.41) is 15.6. The topological polar surface area (TPSA) is 43.1 Å². The van der Waals surface area contributed by atoms with Crippen molar-refractivity contribution in [3.8, 4) is 0 Å². The predicted molar refractivity (Wildman–Crippen MR) is 127 cm³/mol. The number of hydrogen-bond donors (Lipinski definition) is 0. The number of benzene rings is 4. The minimum atomic E-state index is -2.16. The maximum Gasteiger partial charge on any atom is 0.269 e. The maximum absolute atomic E-state index is 11.4. The fourth-order valence-electron chi connectivity index (χ4n) is 3.82. The van der Waals surface area contributed by atoms with Gasteiger partial charge in [-0.05, 0) is 42.5 Å². The SMILES string of the molecule is O=[N+]([O-])c1ccc(Cl)c(C[P+](c2ccccc2)(c2ccccc2)c2ccccc2)c1.[Br-]. The zero-order valence-electron chi connectivity index (χ0n) is 16.6. The number of nitro benzene ring substituents is 1. The highest BCUT2D eigenvalue weighted by Gasteiger charge is 2.45. The zero-order chi connectivity index (χ0) is 21.0. The Balaban J connectivity index is 0.00000272. The van der Waals surface area contributed by atoms with Crippen molar-refractivity contribution in [2.24, 2.45) is 0 Å². The summed E-state index contributed by atoms with van der Waals surface area (Å²) < 4.78 is 0. The monoisotopic (exact) mass is 511 g/mol. The summed E-state index contributed by atoms with van der Waals surface area (Å²) >= 11 is 6.56. The van der Waals surface area contributed by atoms with Crippen molar-refractivity contribution in [1.82, 2.24) is 0 Å². The first-order valence-electron chi connectivity index (χ1n) is 9.59. The Kier molecular flexibility index (Phi) is 7.61. The summed E-state index contributed by atoms with van der Waals surface area (Å²) in [4.78, 5) is 11.0. The standard InChI is InChI=1S/C25H20ClNO2P.BrH/c26-25-17-16-21(27(28)29)18-20(25)19-30(22-10-4-1-5-11-22,23-12-6-2-7-13-23)24-14-8-3-9-15-24;/h1-18H,19H2;1H/q+1;/p-1. The van der Waals surface area contributed by atoms with Crippen molar-refractivity contribution < 1.29 is 21.9 Å². The van der Waals surface area contributed by atoms with Gasteiger partial charge in [-0.1, -0.05) is 66.2 Å². The van der Waals surface area contributed by atoms with Gasteiger partial charge >= 0.3 is 0 Å². The number of nitrogens with zero attached hydrogens (tertiary/aromatic N) is 1. The summed E-state index contributed by atoms with van der Waals surface area (Å²) in [6, 6.07) is 35.9. The minimum absolute atomic E-state index is 0.